The van der Waals surface area contributed by atoms with Gasteiger partial charge in [-0.3, -0.25) is 9.58 Å². The molecule has 6 nitrogen and oxygen atoms in total. The summed E-state index contributed by atoms with van der Waals surface area (Å²) in [4.78, 5) is 11.8. The van der Waals surface area contributed by atoms with Crippen molar-refractivity contribution in [3.05, 3.63) is 58.7 Å². The normalized spacial score (nSPS) is 14.4. The average Bonchev–Trinajstić information content (AvgIpc) is 2.88. The largest absolute Gasteiger partial charge is 0.399 e. The zero-order valence-electron chi connectivity index (χ0n) is 15.5. The van der Waals surface area contributed by atoms with E-state index in [1.54, 1.807) is 0 Å². The fourth-order valence-corrected chi connectivity index (χ4v) is 3.55. The molecule has 2 aromatic heterocycles. The second-order valence-corrected chi connectivity index (χ2v) is 7.02. The Balaban J connectivity index is 1.53. The third-order valence-electron chi connectivity index (χ3n) is 5.22. The van der Waals surface area contributed by atoms with Gasteiger partial charge in [0.1, 0.15) is 0 Å². The molecule has 1 aliphatic heterocycles. The molecule has 4 rings (SSSR count). The van der Waals surface area contributed by atoms with Crippen molar-refractivity contribution >= 4 is 5.69 Å². The minimum absolute atomic E-state index is 0.753. The number of benzene rings is 1. The summed E-state index contributed by atoms with van der Waals surface area (Å²) in [6.07, 6.45) is 2.92. The molecule has 6 heteroatoms. The zero-order chi connectivity index (χ0) is 18.3. The molecule has 0 atom stereocenters. The van der Waals surface area contributed by atoms with Crippen LogP contribution in [0, 0.1) is 13.8 Å². The van der Waals surface area contributed by atoms with Crippen LogP contribution in [0.15, 0.2) is 30.5 Å². The highest BCUT2D eigenvalue weighted by atomic mass is 15.3. The molecule has 0 saturated heterocycles. The Labute approximate surface area is 153 Å². The standard InChI is InChI=1S/C20H24N6/c1-13-18(14(2)25(3)24-13)12-26-9-8-19-16(11-26)10-22-20(23-19)15-4-6-17(21)7-5-15/h4-7,10H,8-9,11-12,21H2,1-3H3. The summed E-state index contributed by atoms with van der Waals surface area (Å²) in [7, 11) is 2.00. The van der Waals surface area contributed by atoms with Crippen LogP contribution >= 0.6 is 0 Å². The summed E-state index contributed by atoms with van der Waals surface area (Å²) in [6, 6.07) is 7.72. The van der Waals surface area contributed by atoms with Crippen LogP contribution in [0.5, 0.6) is 0 Å². The molecule has 1 aliphatic rings. The minimum atomic E-state index is 0.753. The number of nitrogen functional groups attached to an aromatic ring is 1. The Kier molecular flexibility index (Phi) is 4.20. The van der Waals surface area contributed by atoms with E-state index in [2.05, 4.69) is 28.8 Å². The van der Waals surface area contributed by atoms with Gasteiger partial charge in [0.15, 0.2) is 5.82 Å². The molecule has 1 aromatic carbocycles. The highest BCUT2D eigenvalue weighted by Crippen LogP contribution is 2.24. The molecule has 134 valence electrons. The molecule has 0 aliphatic carbocycles. The second-order valence-electron chi connectivity index (χ2n) is 7.02. The first kappa shape index (κ1) is 16.7. The third-order valence-corrected chi connectivity index (χ3v) is 5.22. The number of hydrogen-bond acceptors (Lipinski definition) is 5. The molecule has 0 bridgehead atoms. The van der Waals surface area contributed by atoms with Gasteiger partial charge >= 0.3 is 0 Å². The van der Waals surface area contributed by atoms with Crippen molar-refractivity contribution in [1.29, 1.82) is 0 Å². The van der Waals surface area contributed by atoms with Crippen molar-refractivity contribution in [2.75, 3.05) is 12.3 Å². The van der Waals surface area contributed by atoms with E-state index in [0.29, 0.717) is 0 Å². The van der Waals surface area contributed by atoms with Gasteiger partial charge in [-0.2, -0.15) is 5.10 Å². The Morgan fingerprint density at radius 3 is 2.62 bits per heavy atom. The topological polar surface area (TPSA) is 72.9 Å². The second kappa shape index (κ2) is 6.53. The van der Waals surface area contributed by atoms with E-state index in [1.165, 1.54) is 16.8 Å². The number of aryl methyl sites for hydroxylation is 2. The Hall–Kier alpha value is -2.73. The van der Waals surface area contributed by atoms with Gasteiger partial charge in [0, 0.05) is 67.4 Å². The fourth-order valence-electron chi connectivity index (χ4n) is 3.55. The maximum Gasteiger partial charge on any atom is 0.159 e. The molecule has 0 saturated carbocycles. The first-order valence-corrected chi connectivity index (χ1v) is 8.93. The molecule has 0 unspecified atom stereocenters. The lowest BCUT2D eigenvalue weighted by molar-refractivity contribution is 0.242. The lowest BCUT2D eigenvalue weighted by Gasteiger charge is -2.28. The van der Waals surface area contributed by atoms with E-state index in [-0.39, 0.29) is 0 Å². The van der Waals surface area contributed by atoms with Gasteiger partial charge < -0.3 is 5.73 Å². The van der Waals surface area contributed by atoms with Gasteiger partial charge in [0.2, 0.25) is 0 Å². The predicted octanol–water partition coefficient (Wildman–Crippen LogP) is 2.63. The van der Waals surface area contributed by atoms with Crippen LogP contribution in [-0.2, 0) is 26.6 Å². The van der Waals surface area contributed by atoms with E-state index in [4.69, 9.17) is 10.7 Å². The summed E-state index contributed by atoms with van der Waals surface area (Å²) >= 11 is 0. The maximum absolute atomic E-state index is 5.76. The summed E-state index contributed by atoms with van der Waals surface area (Å²) in [6.45, 7) is 7.02. The van der Waals surface area contributed by atoms with Gasteiger partial charge in [0.05, 0.1) is 11.4 Å². The van der Waals surface area contributed by atoms with Crippen molar-refractivity contribution in [2.45, 2.75) is 33.4 Å². The molecule has 0 spiro atoms. The fraction of sp³-hybridized carbons (Fsp3) is 0.350. The first-order valence-electron chi connectivity index (χ1n) is 8.93. The van der Waals surface area contributed by atoms with E-state index < -0.39 is 0 Å². The van der Waals surface area contributed by atoms with Crippen LogP contribution in [0.4, 0.5) is 5.69 Å². The van der Waals surface area contributed by atoms with E-state index in [0.717, 1.165) is 54.5 Å². The van der Waals surface area contributed by atoms with Gasteiger partial charge in [-0.1, -0.05) is 0 Å². The number of rotatable bonds is 3. The highest BCUT2D eigenvalue weighted by Gasteiger charge is 2.21. The van der Waals surface area contributed by atoms with Crippen LogP contribution in [0.25, 0.3) is 11.4 Å². The Bertz CT molecular complexity index is 942. The summed E-state index contributed by atoms with van der Waals surface area (Å²) in [5, 5.41) is 4.53. The van der Waals surface area contributed by atoms with Crippen LogP contribution < -0.4 is 5.73 Å². The molecule has 3 aromatic rings. The molecule has 26 heavy (non-hydrogen) atoms. The van der Waals surface area contributed by atoms with Gasteiger partial charge in [-0.15, -0.1) is 0 Å². The summed E-state index contributed by atoms with van der Waals surface area (Å²) in [5.41, 5.74) is 13.6. The van der Waals surface area contributed by atoms with E-state index >= 15 is 0 Å². The van der Waals surface area contributed by atoms with Crippen LogP contribution in [0.1, 0.15) is 28.2 Å². The van der Waals surface area contributed by atoms with Crippen molar-refractivity contribution in [1.82, 2.24) is 24.6 Å². The van der Waals surface area contributed by atoms with E-state index in [9.17, 15) is 0 Å². The Morgan fingerprint density at radius 2 is 1.92 bits per heavy atom. The molecule has 0 fully saturated rings. The highest BCUT2D eigenvalue weighted by molar-refractivity contribution is 5.58. The molecular formula is C20H24N6. The number of hydrogen-bond donors (Lipinski definition) is 1. The average molecular weight is 348 g/mol. The van der Waals surface area contributed by atoms with Crippen molar-refractivity contribution < 1.29 is 0 Å². The van der Waals surface area contributed by atoms with Crippen molar-refractivity contribution in [3.8, 4) is 11.4 Å². The number of aromatic nitrogens is 4. The zero-order valence-corrected chi connectivity index (χ0v) is 15.5. The predicted molar refractivity (Wildman–Crippen MR) is 102 cm³/mol. The summed E-state index contributed by atoms with van der Waals surface area (Å²) < 4.78 is 1.96. The number of nitrogens with zero attached hydrogens (tertiary/aromatic N) is 5. The molecule has 0 radical (unpaired) electrons. The Morgan fingerprint density at radius 1 is 1.15 bits per heavy atom. The molecule has 0 amide bonds. The lowest BCUT2D eigenvalue weighted by Crippen LogP contribution is -2.31. The minimum Gasteiger partial charge on any atom is -0.399 e. The third kappa shape index (κ3) is 3.08. The molecule has 3 heterocycles. The van der Waals surface area contributed by atoms with Crippen LogP contribution in [0.2, 0.25) is 0 Å². The SMILES string of the molecule is Cc1nn(C)c(C)c1CN1CCc2nc(-c3ccc(N)cc3)ncc2C1. The quantitative estimate of drug-likeness (QED) is 0.737. The smallest absolute Gasteiger partial charge is 0.159 e. The van der Waals surface area contributed by atoms with Gasteiger partial charge in [-0.05, 0) is 38.1 Å². The number of anilines is 1. The van der Waals surface area contributed by atoms with E-state index in [1.807, 2.05) is 42.2 Å². The first-order chi connectivity index (χ1) is 12.5. The number of fused-ring (bicyclic) bond motifs is 1. The molecular weight excluding hydrogens is 324 g/mol. The summed E-state index contributed by atoms with van der Waals surface area (Å²) in [5.74, 6) is 0.774. The maximum atomic E-state index is 5.76. The van der Waals surface area contributed by atoms with Gasteiger partial charge in [-0.25, -0.2) is 9.97 Å². The van der Waals surface area contributed by atoms with Crippen molar-refractivity contribution in [2.24, 2.45) is 7.05 Å². The van der Waals surface area contributed by atoms with Crippen molar-refractivity contribution in [3.63, 3.8) is 0 Å². The molecule has 2 N–H and O–H groups in total. The van der Waals surface area contributed by atoms with Gasteiger partial charge in [0.25, 0.3) is 0 Å². The van der Waals surface area contributed by atoms with Crippen LogP contribution in [0.3, 0.4) is 0 Å². The van der Waals surface area contributed by atoms with Crippen LogP contribution in [-0.4, -0.2) is 31.2 Å². The lowest BCUT2D eigenvalue weighted by atomic mass is 10.1. The monoisotopic (exact) mass is 348 g/mol. The number of nitrogens with two attached hydrogens (primary N) is 1.